The summed E-state index contributed by atoms with van der Waals surface area (Å²) in [6, 6.07) is 5.38. The van der Waals surface area contributed by atoms with Gasteiger partial charge in [0.05, 0.1) is 18.3 Å². The molecule has 0 spiro atoms. The van der Waals surface area contributed by atoms with Crippen LogP contribution in [0.3, 0.4) is 0 Å². The lowest BCUT2D eigenvalue weighted by molar-refractivity contribution is -0.274. The van der Waals surface area contributed by atoms with Crippen LogP contribution in [0.4, 0.5) is 30.6 Å². The van der Waals surface area contributed by atoms with Crippen molar-refractivity contribution in [3.05, 3.63) is 48.2 Å². The Morgan fingerprint density at radius 3 is 2.66 bits per heavy atom. The van der Waals surface area contributed by atoms with Crippen LogP contribution in [0.15, 0.2) is 42.6 Å². The summed E-state index contributed by atoms with van der Waals surface area (Å²) in [7, 11) is 5.36. The van der Waals surface area contributed by atoms with Gasteiger partial charge in [0.25, 0.3) is 0 Å². The van der Waals surface area contributed by atoms with E-state index in [2.05, 4.69) is 42.5 Å². The highest BCUT2D eigenvalue weighted by Gasteiger charge is 2.31. The number of benzene rings is 1. The Morgan fingerprint density at radius 1 is 1.17 bits per heavy atom. The number of anilines is 3. The molecule has 41 heavy (non-hydrogen) atoms. The minimum absolute atomic E-state index is 0.0410. The summed E-state index contributed by atoms with van der Waals surface area (Å²) in [6.45, 7) is 3.63. The van der Waals surface area contributed by atoms with E-state index >= 15 is 0 Å². The molecule has 2 amide bonds. The molecule has 3 N–H and O–H groups in total. The molecule has 0 saturated heterocycles. The maximum atomic E-state index is 12.5. The van der Waals surface area contributed by atoms with Gasteiger partial charge in [-0.2, -0.15) is 4.98 Å². The van der Waals surface area contributed by atoms with Crippen LogP contribution < -0.4 is 20.7 Å². The molecule has 13 heteroatoms. The minimum atomic E-state index is -4.79. The monoisotopic (exact) mass is 575 g/mol. The van der Waals surface area contributed by atoms with E-state index in [1.165, 1.54) is 35.4 Å². The van der Waals surface area contributed by atoms with Crippen molar-refractivity contribution in [1.82, 2.24) is 25.1 Å². The topological polar surface area (TPSA) is 112 Å². The van der Waals surface area contributed by atoms with E-state index < -0.39 is 6.36 Å². The summed E-state index contributed by atoms with van der Waals surface area (Å²) in [5, 5.41) is 8.83. The maximum absolute atomic E-state index is 12.5. The van der Waals surface area contributed by atoms with Gasteiger partial charge in [-0.05, 0) is 39.1 Å². The lowest BCUT2D eigenvalue weighted by atomic mass is 10.2. The van der Waals surface area contributed by atoms with Crippen LogP contribution in [0.25, 0.3) is 0 Å². The zero-order chi connectivity index (χ0) is 30.3. The molecular weight excluding hydrogens is 539 g/mol. The van der Waals surface area contributed by atoms with Crippen LogP contribution >= 0.6 is 0 Å². The van der Waals surface area contributed by atoms with E-state index in [-0.39, 0.29) is 30.1 Å². The molecule has 0 aliphatic heterocycles. The van der Waals surface area contributed by atoms with Crippen LogP contribution in [0.1, 0.15) is 31.7 Å². The number of aromatic nitrogens is 2. The Hall–Kier alpha value is -4.31. The van der Waals surface area contributed by atoms with Gasteiger partial charge in [-0.15, -0.1) is 13.2 Å². The minimum Gasteiger partial charge on any atom is -0.406 e. The number of likely N-dealkylation sites (N-methyl/N-ethyl adjacent to an activating group) is 2. The van der Waals surface area contributed by atoms with Gasteiger partial charge in [0.1, 0.15) is 11.6 Å². The first-order valence-corrected chi connectivity index (χ1v) is 13.0. The SMILES string of the molecule is CCCNc1nc(Nc2cccc(OC(F)(F)F)c2)ncc1C#CCCCNC(=O)CN(C)C(=O)/C=C/CN(C)C. The van der Waals surface area contributed by atoms with Crippen molar-refractivity contribution in [3.63, 3.8) is 0 Å². The second kappa shape index (κ2) is 16.7. The highest BCUT2D eigenvalue weighted by Crippen LogP contribution is 2.26. The third kappa shape index (κ3) is 13.5. The van der Waals surface area contributed by atoms with Crippen molar-refractivity contribution >= 4 is 29.3 Å². The third-order valence-corrected chi connectivity index (χ3v) is 5.17. The molecule has 0 aliphatic carbocycles. The summed E-state index contributed by atoms with van der Waals surface area (Å²) < 4.78 is 41.5. The molecule has 2 rings (SSSR count). The second-order valence-electron chi connectivity index (χ2n) is 9.20. The van der Waals surface area contributed by atoms with Crippen molar-refractivity contribution in [3.8, 4) is 17.6 Å². The second-order valence-corrected chi connectivity index (χ2v) is 9.20. The van der Waals surface area contributed by atoms with Crippen molar-refractivity contribution in [2.24, 2.45) is 0 Å². The lowest BCUT2D eigenvalue weighted by Crippen LogP contribution is -2.38. The fourth-order valence-corrected chi connectivity index (χ4v) is 3.21. The van der Waals surface area contributed by atoms with Gasteiger partial charge in [0.15, 0.2) is 0 Å². The number of nitrogens with one attached hydrogen (secondary N) is 3. The number of hydrogen-bond acceptors (Lipinski definition) is 8. The van der Waals surface area contributed by atoms with Gasteiger partial charge in [0.2, 0.25) is 17.8 Å². The number of unbranched alkanes of at least 4 members (excludes halogenated alkanes) is 1. The van der Waals surface area contributed by atoms with Crippen molar-refractivity contribution < 1.29 is 27.5 Å². The molecule has 0 radical (unpaired) electrons. The van der Waals surface area contributed by atoms with Crippen molar-refractivity contribution in [2.75, 3.05) is 58.0 Å². The smallest absolute Gasteiger partial charge is 0.406 e. The summed E-state index contributed by atoms with van der Waals surface area (Å²) in [4.78, 5) is 36.1. The van der Waals surface area contributed by atoms with E-state index in [0.717, 1.165) is 6.42 Å². The number of amides is 2. The maximum Gasteiger partial charge on any atom is 0.573 e. The van der Waals surface area contributed by atoms with Crippen LogP contribution in [0.2, 0.25) is 0 Å². The average Bonchev–Trinajstić information content (AvgIpc) is 2.89. The van der Waals surface area contributed by atoms with Crippen LogP contribution in [-0.2, 0) is 9.59 Å². The highest BCUT2D eigenvalue weighted by atomic mass is 19.4. The quantitative estimate of drug-likeness (QED) is 0.177. The fraction of sp³-hybridized carbons (Fsp3) is 0.429. The first kappa shape index (κ1) is 32.9. The summed E-state index contributed by atoms with van der Waals surface area (Å²) >= 11 is 0. The van der Waals surface area contributed by atoms with Gasteiger partial charge < -0.3 is 30.5 Å². The summed E-state index contributed by atoms with van der Waals surface area (Å²) in [5.74, 6) is 5.87. The number of carbonyl (C=O) groups excluding carboxylic acids is 2. The molecular formula is C28H36F3N7O3. The number of alkyl halides is 3. The largest absolute Gasteiger partial charge is 0.573 e. The Kier molecular flexibility index (Phi) is 13.4. The van der Waals surface area contributed by atoms with E-state index in [4.69, 9.17) is 0 Å². The number of hydrogen-bond donors (Lipinski definition) is 3. The van der Waals surface area contributed by atoms with Crippen LogP contribution in [0, 0.1) is 11.8 Å². The van der Waals surface area contributed by atoms with E-state index in [9.17, 15) is 22.8 Å². The number of halogens is 3. The molecule has 0 unspecified atom stereocenters. The first-order chi connectivity index (χ1) is 19.5. The average molecular weight is 576 g/mol. The molecule has 10 nitrogen and oxygen atoms in total. The Labute approximate surface area is 238 Å². The number of carbonyl (C=O) groups is 2. The van der Waals surface area contributed by atoms with Gasteiger partial charge in [-0.25, -0.2) is 4.98 Å². The summed E-state index contributed by atoms with van der Waals surface area (Å²) in [6.07, 6.45) is 1.86. The van der Waals surface area contributed by atoms with Crippen LogP contribution in [0.5, 0.6) is 5.75 Å². The van der Waals surface area contributed by atoms with E-state index in [0.29, 0.717) is 49.5 Å². The number of nitrogens with zero attached hydrogens (tertiary/aromatic N) is 4. The van der Waals surface area contributed by atoms with Gasteiger partial charge in [-0.1, -0.05) is 30.9 Å². The normalized spacial score (nSPS) is 11.1. The Balaban J connectivity index is 1.89. The molecule has 0 bridgehead atoms. The number of ether oxygens (including phenoxy) is 1. The van der Waals surface area contributed by atoms with Gasteiger partial charge >= 0.3 is 6.36 Å². The molecule has 0 fully saturated rings. The standard InChI is InChI=1S/C28H36F3N7O3/c1-5-15-33-26-21(19-34-27(36-26)35-22-12-9-13-23(18-22)41-28(29,30)31)11-7-6-8-16-32-24(39)20-38(4)25(40)14-10-17-37(2)3/h9-10,12-14,18-19H,5-6,8,15-17,20H2,1-4H3,(H,32,39)(H2,33,34,35,36)/b14-10+. The van der Waals surface area contributed by atoms with Gasteiger partial charge in [0, 0.05) is 50.9 Å². The third-order valence-electron chi connectivity index (χ3n) is 5.17. The van der Waals surface area contributed by atoms with E-state index in [1.54, 1.807) is 19.2 Å². The highest BCUT2D eigenvalue weighted by molar-refractivity contribution is 5.91. The first-order valence-electron chi connectivity index (χ1n) is 13.0. The molecule has 1 aromatic carbocycles. The Bertz CT molecular complexity index is 1240. The van der Waals surface area contributed by atoms with Crippen molar-refractivity contribution in [1.29, 1.82) is 0 Å². The Morgan fingerprint density at radius 2 is 1.95 bits per heavy atom. The number of rotatable bonds is 14. The fourth-order valence-electron chi connectivity index (χ4n) is 3.21. The van der Waals surface area contributed by atoms with Gasteiger partial charge in [-0.3, -0.25) is 9.59 Å². The predicted octanol–water partition coefficient (Wildman–Crippen LogP) is 3.76. The molecule has 0 aliphatic rings. The molecule has 0 atom stereocenters. The zero-order valence-corrected chi connectivity index (χ0v) is 23.6. The van der Waals surface area contributed by atoms with Crippen LogP contribution in [-0.4, -0.2) is 85.3 Å². The molecule has 0 saturated carbocycles. The zero-order valence-electron chi connectivity index (χ0n) is 23.6. The molecule has 1 heterocycles. The summed E-state index contributed by atoms with van der Waals surface area (Å²) in [5.41, 5.74) is 0.884. The predicted molar refractivity (Wildman–Crippen MR) is 152 cm³/mol. The molecule has 222 valence electrons. The molecule has 2 aromatic rings. The lowest BCUT2D eigenvalue weighted by Gasteiger charge is -2.14. The van der Waals surface area contributed by atoms with Crippen molar-refractivity contribution in [2.45, 2.75) is 32.5 Å². The van der Waals surface area contributed by atoms with E-state index in [1.807, 2.05) is 25.9 Å². The molecule has 1 aromatic heterocycles.